The van der Waals surface area contributed by atoms with Gasteiger partial charge in [0.2, 0.25) is 11.7 Å². The molecule has 2 atom stereocenters. The monoisotopic (exact) mass is 489 g/mol. The molecule has 0 bridgehead atoms. The molecule has 1 aromatic heterocycles. The van der Waals surface area contributed by atoms with Crippen LogP contribution in [-0.2, 0) is 11.0 Å². The molecular formula is C20H17ClF5N5O2. The van der Waals surface area contributed by atoms with E-state index in [4.69, 9.17) is 11.6 Å². The average Bonchev–Trinajstić information content (AvgIpc) is 3.61. The topological polar surface area (TPSA) is 87.2 Å². The molecule has 2 N–H and O–H groups in total. The lowest BCUT2D eigenvalue weighted by Gasteiger charge is -2.36. The van der Waals surface area contributed by atoms with Crippen LogP contribution in [0.1, 0.15) is 35.8 Å². The van der Waals surface area contributed by atoms with Crippen molar-refractivity contribution in [1.82, 2.24) is 25.5 Å². The van der Waals surface area contributed by atoms with E-state index >= 15 is 0 Å². The first kappa shape index (κ1) is 23.1. The number of benzene rings is 1. The van der Waals surface area contributed by atoms with Gasteiger partial charge in [0.15, 0.2) is 0 Å². The third-order valence-electron chi connectivity index (χ3n) is 5.49. The van der Waals surface area contributed by atoms with Gasteiger partial charge in [0, 0.05) is 36.6 Å². The van der Waals surface area contributed by atoms with Crippen molar-refractivity contribution in [1.29, 1.82) is 0 Å². The molecule has 7 nitrogen and oxygen atoms in total. The average molecular weight is 490 g/mol. The van der Waals surface area contributed by atoms with Gasteiger partial charge in [-0.2, -0.15) is 13.2 Å². The third kappa shape index (κ3) is 4.70. The van der Waals surface area contributed by atoms with Gasteiger partial charge in [0.1, 0.15) is 22.7 Å². The summed E-state index contributed by atoms with van der Waals surface area (Å²) < 4.78 is 67.1. The van der Waals surface area contributed by atoms with Crippen molar-refractivity contribution in [2.24, 2.45) is 5.92 Å². The van der Waals surface area contributed by atoms with Crippen molar-refractivity contribution < 1.29 is 31.5 Å². The summed E-state index contributed by atoms with van der Waals surface area (Å²) in [6, 6.07) is -0.980. The summed E-state index contributed by atoms with van der Waals surface area (Å²) in [5, 5.41) is 4.37. The van der Waals surface area contributed by atoms with Gasteiger partial charge in [0.25, 0.3) is 0 Å². The van der Waals surface area contributed by atoms with Crippen molar-refractivity contribution in [3.05, 3.63) is 58.1 Å². The Morgan fingerprint density at radius 1 is 1.21 bits per heavy atom. The van der Waals surface area contributed by atoms with Crippen LogP contribution < -0.4 is 10.6 Å². The second-order valence-corrected chi connectivity index (χ2v) is 8.13. The molecule has 1 saturated heterocycles. The second-order valence-electron chi connectivity index (χ2n) is 7.75. The van der Waals surface area contributed by atoms with E-state index in [1.54, 1.807) is 0 Å². The molecular weight excluding hydrogens is 473 g/mol. The number of hydrogen-bond donors (Lipinski definition) is 2. The predicted molar refractivity (Wildman–Crippen MR) is 105 cm³/mol. The summed E-state index contributed by atoms with van der Waals surface area (Å²) in [6.07, 6.45) is -1.70. The fourth-order valence-corrected chi connectivity index (χ4v) is 3.91. The number of amides is 3. The number of aromatic nitrogens is 2. The van der Waals surface area contributed by atoms with Crippen LogP contribution in [0.4, 0.5) is 26.7 Å². The Morgan fingerprint density at radius 2 is 1.88 bits per heavy atom. The first-order valence-corrected chi connectivity index (χ1v) is 10.3. The molecule has 3 amide bonds. The summed E-state index contributed by atoms with van der Waals surface area (Å²) in [4.78, 5) is 33.2. The van der Waals surface area contributed by atoms with Crippen LogP contribution in [0, 0.1) is 17.6 Å². The zero-order valence-corrected chi connectivity index (χ0v) is 17.6. The molecule has 1 aliphatic heterocycles. The van der Waals surface area contributed by atoms with E-state index in [-0.39, 0.29) is 36.0 Å². The number of rotatable bonds is 4. The Morgan fingerprint density at radius 3 is 2.48 bits per heavy atom. The molecule has 2 heterocycles. The minimum Gasteiger partial charge on any atom is -0.353 e. The Bertz CT molecular complexity index is 1080. The highest BCUT2D eigenvalue weighted by Gasteiger charge is 2.44. The second kappa shape index (κ2) is 8.73. The van der Waals surface area contributed by atoms with Crippen LogP contribution in [0.2, 0.25) is 5.02 Å². The summed E-state index contributed by atoms with van der Waals surface area (Å²) in [6.45, 7) is 0.391. The van der Waals surface area contributed by atoms with Crippen LogP contribution in [0.15, 0.2) is 24.5 Å². The minimum atomic E-state index is -4.81. The zero-order valence-electron chi connectivity index (χ0n) is 16.8. The molecule has 33 heavy (non-hydrogen) atoms. The number of halogens is 6. The third-order valence-corrected chi connectivity index (χ3v) is 5.83. The molecule has 2 aliphatic rings. The number of nitrogens with zero attached hydrogens (tertiary/aromatic N) is 3. The summed E-state index contributed by atoms with van der Waals surface area (Å²) in [5.74, 6) is -3.99. The highest BCUT2D eigenvalue weighted by molar-refractivity contribution is 6.31. The lowest BCUT2D eigenvalue weighted by molar-refractivity contribution is -0.145. The maximum Gasteiger partial charge on any atom is 0.451 e. The fourth-order valence-electron chi connectivity index (χ4n) is 3.74. The van der Waals surface area contributed by atoms with Gasteiger partial charge in [-0.3, -0.25) is 4.79 Å². The van der Waals surface area contributed by atoms with E-state index in [9.17, 15) is 31.5 Å². The van der Waals surface area contributed by atoms with E-state index < -0.39 is 46.8 Å². The van der Waals surface area contributed by atoms with E-state index in [0.717, 1.165) is 37.4 Å². The number of carbonyl (C=O) groups is 2. The summed E-state index contributed by atoms with van der Waals surface area (Å²) in [7, 11) is 0. The standard InChI is InChI=1S/C20H17ClF5N5O2/c21-13-12(22)4-3-11(14(13)23)15(10-7-28-18(29-8-10)20(24,25)26)30-19(33)31-6-5-27-17(32)16(31)9-1-2-9/h3-4,7-9,15-16H,1-2,5-6H2,(H,27,32)(H,30,33)/t15-,16+/m1/s1. The first-order valence-electron chi connectivity index (χ1n) is 9.95. The maximum atomic E-state index is 14.8. The lowest BCUT2D eigenvalue weighted by atomic mass is 10.00. The van der Waals surface area contributed by atoms with E-state index in [2.05, 4.69) is 20.6 Å². The molecule has 1 aromatic carbocycles. The molecule has 0 radical (unpaired) electrons. The Labute approximate surface area is 189 Å². The Kier molecular flexibility index (Phi) is 6.12. The van der Waals surface area contributed by atoms with Gasteiger partial charge in [0.05, 0.1) is 6.04 Å². The summed E-state index contributed by atoms with van der Waals surface area (Å²) >= 11 is 5.67. The van der Waals surface area contributed by atoms with Crippen molar-refractivity contribution in [2.45, 2.75) is 31.1 Å². The van der Waals surface area contributed by atoms with E-state index in [1.807, 2.05) is 0 Å². The van der Waals surface area contributed by atoms with Crippen LogP contribution in [-0.4, -0.2) is 45.9 Å². The maximum absolute atomic E-state index is 14.8. The SMILES string of the molecule is O=C1NCCN(C(=O)N[C@H](c2cnc(C(F)(F)F)nc2)c2ccc(F)c(Cl)c2F)[C@H]1C1CC1. The smallest absolute Gasteiger partial charge is 0.353 e. The number of urea groups is 1. The Hall–Kier alpha value is -3.02. The van der Waals surface area contributed by atoms with Gasteiger partial charge in [-0.1, -0.05) is 17.7 Å². The van der Waals surface area contributed by atoms with Crippen molar-refractivity contribution >= 4 is 23.5 Å². The molecule has 0 spiro atoms. The highest BCUT2D eigenvalue weighted by Crippen LogP contribution is 2.37. The fraction of sp³-hybridized carbons (Fsp3) is 0.400. The van der Waals surface area contributed by atoms with E-state index in [0.29, 0.717) is 0 Å². The van der Waals surface area contributed by atoms with Crippen LogP contribution >= 0.6 is 11.6 Å². The molecule has 1 saturated carbocycles. The van der Waals surface area contributed by atoms with Gasteiger partial charge in [-0.25, -0.2) is 23.5 Å². The van der Waals surface area contributed by atoms with Crippen molar-refractivity contribution in [3.63, 3.8) is 0 Å². The molecule has 2 aromatic rings. The predicted octanol–water partition coefficient (Wildman–Crippen LogP) is 3.44. The van der Waals surface area contributed by atoms with E-state index in [1.165, 1.54) is 4.90 Å². The van der Waals surface area contributed by atoms with Crippen molar-refractivity contribution in [3.8, 4) is 0 Å². The number of piperazine rings is 1. The summed E-state index contributed by atoms with van der Waals surface area (Å²) in [5.41, 5.74) is -0.398. The molecule has 4 rings (SSSR count). The quantitative estimate of drug-likeness (QED) is 0.509. The molecule has 176 valence electrons. The number of nitrogens with one attached hydrogen (secondary N) is 2. The largest absolute Gasteiger partial charge is 0.451 e. The van der Waals surface area contributed by atoms with Gasteiger partial charge < -0.3 is 15.5 Å². The highest BCUT2D eigenvalue weighted by atomic mass is 35.5. The Balaban J connectivity index is 1.69. The van der Waals surface area contributed by atoms with Crippen LogP contribution in [0.3, 0.4) is 0 Å². The first-order chi connectivity index (χ1) is 15.6. The van der Waals surface area contributed by atoms with Crippen molar-refractivity contribution in [2.75, 3.05) is 13.1 Å². The number of hydrogen-bond acceptors (Lipinski definition) is 4. The normalized spacial score (nSPS) is 19.8. The number of carbonyl (C=O) groups excluding carboxylic acids is 2. The number of alkyl halides is 3. The molecule has 13 heteroatoms. The molecule has 2 fully saturated rings. The minimum absolute atomic E-state index is 0.0131. The van der Waals surface area contributed by atoms with Gasteiger partial charge in [-0.15, -0.1) is 0 Å². The van der Waals surface area contributed by atoms with Gasteiger partial charge in [-0.05, 0) is 24.8 Å². The lowest BCUT2D eigenvalue weighted by Crippen LogP contribution is -2.60. The van der Waals surface area contributed by atoms with Gasteiger partial charge >= 0.3 is 12.2 Å². The molecule has 0 unspecified atom stereocenters. The van der Waals surface area contributed by atoms with Crippen LogP contribution in [0.25, 0.3) is 0 Å². The van der Waals surface area contributed by atoms with Crippen LogP contribution in [0.5, 0.6) is 0 Å². The molecule has 1 aliphatic carbocycles. The zero-order chi connectivity index (χ0) is 23.9.